The molecule has 10 heteroatoms. The Morgan fingerprint density at radius 2 is 1.76 bits per heavy atom. The van der Waals surface area contributed by atoms with Crippen molar-refractivity contribution in [1.82, 2.24) is 4.57 Å². The Morgan fingerprint density at radius 3 is 2.44 bits per heavy atom. The molecule has 0 bridgehead atoms. The second-order valence-electron chi connectivity index (χ2n) is 10.0. The van der Waals surface area contributed by atoms with Crippen molar-refractivity contribution < 1.29 is 26.7 Å². The van der Waals surface area contributed by atoms with Gasteiger partial charge in [0.25, 0.3) is 5.56 Å². The molecule has 2 N–H and O–H groups in total. The number of alkyl halides is 3. The number of benzene rings is 3. The van der Waals surface area contributed by atoms with E-state index < -0.39 is 53.0 Å². The zero-order valence-corrected chi connectivity index (χ0v) is 23.3. The summed E-state index contributed by atoms with van der Waals surface area (Å²) >= 11 is 1.27. The Kier molecular flexibility index (Phi) is 7.74. The fourth-order valence-corrected chi connectivity index (χ4v) is 6.90. The van der Waals surface area contributed by atoms with E-state index in [-0.39, 0.29) is 22.4 Å². The lowest BCUT2D eigenvalue weighted by atomic mass is 9.91. The van der Waals surface area contributed by atoms with Gasteiger partial charge < -0.3 is 10.5 Å². The lowest BCUT2D eigenvalue weighted by molar-refractivity contribution is -0.138. The third-order valence-electron chi connectivity index (χ3n) is 7.53. The van der Waals surface area contributed by atoms with Crippen LogP contribution in [-0.2, 0) is 12.6 Å². The third-order valence-corrected chi connectivity index (χ3v) is 8.76. The van der Waals surface area contributed by atoms with Gasteiger partial charge in [-0.05, 0) is 48.7 Å². The maximum absolute atomic E-state index is 15.6. The summed E-state index contributed by atoms with van der Waals surface area (Å²) in [4.78, 5) is 14.2. The highest BCUT2D eigenvalue weighted by molar-refractivity contribution is 7.99. The van der Waals surface area contributed by atoms with Crippen LogP contribution in [0.25, 0.3) is 11.1 Å². The molecule has 4 nitrogen and oxygen atoms in total. The SMILES string of the molecule is COc1cccc(-c2c(C)c(Cc3c(F)cccc3C(F)(F)F)c3n(c2=O)C(C(N)c2cccc(C)c2)CS3)c1F. The second kappa shape index (κ2) is 11.0. The summed E-state index contributed by atoms with van der Waals surface area (Å²) in [5.41, 5.74) is 6.73. The summed E-state index contributed by atoms with van der Waals surface area (Å²) in [5, 5.41) is 0.393. The van der Waals surface area contributed by atoms with Crippen molar-refractivity contribution in [2.45, 2.75) is 43.6 Å². The predicted molar refractivity (Wildman–Crippen MR) is 149 cm³/mol. The molecular formula is C31H27F5N2O2S. The van der Waals surface area contributed by atoms with Crippen molar-refractivity contribution in [3.05, 3.63) is 116 Å². The number of fused-ring (bicyclic) bond motifs is 1. The number of halogens is 5. The quantitative estimate of drug-likeness (QED) is 0.240. The van der Waals surface area contributed by atoms with Crippen LogP contribution >= 0.6 is 11.8 Å². The van der Waals surface area contributed by atoms with Crippen LogP contribution in [0, 0.1) is 25.5 Å². The van der Waals surface area contributed by atoms with E-state index in [0.717, 1.165) is 29.3 Å². The van der Waals surface area contributed by atoms with Gasteiger partial charge in [0.05, 0.1) is 35.3 Å². The summed E-state index contributed by atoms with van der Waals surface area (Å²) < 4.78 is 78.9. The Labute approximate surface area is 238 Å². The fourth-order valence-electron chi connectivity index (χ4n) is 5.46. The Morgan fingerprint density at radius 1 is 1.05 bits per heavy atom. The van der Waals surface area contributed by atoms with Gasteiger partial charge in [0.15, 0.2) is 11.6 Å². The molecular weight excluding hydrogens is 559 g/mol. The van der Waals surface area contributed by atoms with Gasteiger partial charge in [-0.1, -0.05) is 48.0 Å². The first-order valence-corrected chi connectivity index (χ1v) is 13.8. The van der Waals surface area contributed by atoms with E-state index in [1.54, 1.807) is 6.92 Å². The van der Waals surface area contributed by atoms with E-state index in [0.29, 0.717) is 16.3 Å². The van der Waals surface area contributed by atoms with Gasteiger partial charge >= 0.3 is 6.18 Å². The number of aryl methyl sites for hydroxylation is 1. The van der Waals surface area contributed by atoms with Crippen LogP contribution in [0.15, 0.2) is 70.5 Å². The number of hydrogen-bond donors (Lipinski definition) is 1. The minimum atomic E-state index is -4.80. The Balaban J connectivity index is 1.79. The van der Waals surface area contributed by atoms with Gasteiger partial charge in [-0.3, -0.25) is 9.36 Å². The van der Waals surface area contributed by atoms with Crippen LogP contribution in [0.1, 0.15) is 45.5 Å². The molecule has 1 aromatic heterocycles. The van der Waals surface area contributed by atoms with Crippen LogP contribution in [0.4, 0.5) is 22.0 Å². The van der Waals surface area contributed by atoms with E-state index in [1.807, 2.05) is 31.2 Å². The Bertz CT molecular complexity index is 1700. The van der Waals surface area contributed by atoms with Gasteiger partial charge in [-0.15, -0.1) is 11.8 Å². The zero-order valence-electron chi connectivity index (χ0n) is 22.5. The maximum Gasteiger partial charge on any atom is 0.416 e. The number of aromatic nitrogens is 1. The largest absolute Gasteiger partial charge is 0.494 e. The molecule has 2 heterocycles. The molecule has 4 aromatic rings. The summed E-state index contributed by atoms with van der Waals surface area (Å²) in [5.74, 6) is -1.54. The van der Waals surface area contributed by atoms with Crippen LogP contribution in [-0.4, -0.2) is 17.4 Å². The van der Waals surface area contributed by atoms with Crippen molar-refractivity contribution in [1.29, 1.82) is 0 Å². The van der Waals surface area contributed by atoms with E-state index in [1.165, 1.54) is 41.6 Å². The van der Waals surface area contributed by atoms with E-state index in [9.17, 15) is 18.0 Å². The molecule has 0 aliphatic carbocycles. The molecule has 0 amide bonds. The van der Waals surface area contributed by atoms with Gasteiger partial charge in [-0.25, -0.2) is 8.78 Å². The van der Waals surface area contributed by atoms with Gasteiger partial charge in [0.1, 0.15) is 5.82 Å². The molecule has 0 radical (unpaired) electrons. The van der Waals surface area contributed by atoms with Gasteiger partial charge in [-0.2, -0.15) is 13.2 Å². The number of ether oxygens (including phenoxy) is 1. The van der Waals surface area contributed by atoms with Crippen LogP contribution < -0.4 is 16.0 Å². The molecule has 0 saturated carbocycles. The van der Waals surface area contributed by atoms with Crippen molar-refractivity contribution in [2.75, 3.05) is 12.9 Å². The summed E-state index contributed by atoms with van der Waals surface area (Å²) in [6.45, 7) is 3.46. The average Bonchev–Trinajstić information content (AvgIpc) is 3.37. The minimum Gasteiger partial charge on any atom is -0.494 e. The molecule has 5 rings (SSSR count). The van der Waals surface area contributed by atoms with E-state index in [2.05, 4.69) is 0 Å². The zero-order chi connectivity index (χ0) is 29.6. The Hall–Kier alpha value is -3.63. The first kappa shape index (κ1) is 28.9. The normalized spacial score (nSPS) is 15.6. The smallest absolute Gasteiger partial charge is 0.416 e. The molecule has 0 spiro atoms. The number of methoxy groups -OCH3 is 1. The first-order chi connectivity index (χ1) is 19.4. The summed E-state index contributed by atoms with van der Waals surface area (Å²) in [6, 6.07) is 13.5. The molecule has 214 valence electrons. The van der Waals surface area contributed by atoms with Gasteiger partial charge in [0, 0.05) is 23.3 Å². The third kappa shape index (κ3) is 5.15. The lowest BCUT2D eigenvalue weighted by Crippen LogP contribution is -2.33. The molecule has 3 aromatic carbocycles. The number of nitrogens with zero attached hydrogens (tertiary/aromatic N) is 1. The van der Waals surface area contributed by atoms with Crippen LogP contribution in [0.2, 0.25) is 0 Å². The number of hydrogen-bond acceptors (Lipinski definition) is 4. The molecule has 0 fully saturated rings. The first-order valence-electron chi connectivity index (χ1n) is 12.8. The summed E-state index contributed by atoms with van der Waals surface area (Å²) in [6.07, 6.45) is -5.26. The highest BCUT2D eigenvalue weighted by Gasteiger charge is 2.38. The molecule has 1 aliphatic heterocycles. The predicted octanol–water partition coefficient (Wildman–Crippen LogP) is 7.38. The van der Waals surface area contributed by atoms with E-state index >= 15 is 8.78 Å². The molecule has 2 unspecified atom stereocenters. The van der Waals surface area contributed by atoms with Crippen molar-refractivity contribution in [2.24, 2.45) is 5.73 Å². The number of rotatable bonds is 6. The van der Waals surface area contributed by atoms with Gasteiger partial charge in [0.2, 0.25) is 0 Å². The number of thioether (sulfide) groups is 1. The molecule has 2 atom stereocenters. The standard InChI is InChI=1S/C31H27F5N2O2S/c1-16-7-4-8-18(13-16)28(37)24-15-41-30-20(14-21-22(31(34,35)36)10-6-11-23(21)32)17(2)26(29(39)38(24)30)19-9-5-12-25(40-3)27(19)33/h4-13,24,28H,14-15,37H2,1-3H3. The summed E-state index contributed by atoms with van der Waals surface area (Å²) in [7, 11) is 1.29. The number of nitrogens with two attached hydrogens (primary N) is 1. The lowest BCUT2D eigenvalue weighted by Gasteiger charge is -2.25. The monoisotopic (exact) mass is 586 g/mol. The average molecular weight is 587 g/mol. The van der Waals surface area contributed by atoms with E-state index in [4.69, 9.17) is 10.5 Å². The maximum atomic E-state index is 15.6. The van der Waals surface area contributed by atoms with Crippen LogP contribution in [0.3, 0.4) is 0 Å². The van der Waals surface area contributed by atoms with Crippen molar-refractivity contribution >= 4 is 11.8 Å². The van der Waals surface area contributed by atoms with Crippen molar-refractivity contribution in [3.63, 3.8) is 0 Å². The fraction of sp³-hybridized carbons (Fsp3) is 0.258. The molecule has 41 heavy (non-hydrogen) atoms. The highest BCUT2D eigenvalue weighted by Crippen LogP contribution is 2.44. The number of pyridine rings is 1. The highest BCUT2D eigenvalue weighted by atomic mass is 32.2. The minimum absolute atomic E-state index is 0.0333. The topological polar surface area (TPSA) is 57.2 Å². The second-order valence-corrected chi connectivity index (χ2v) is 11.0. The van der Waals surface area contributed by atoms with Crippen molar-refractivity contribution in [3.8, 4) is 16.9 Å². The molecule has 1 aliphatic rings. The van der Waals surface area contributed by atoms with Crippen LogP contribution in [0.5, 0.6) is 5.75 Å². The molecule has 0 saturated heterocycles.